The molecule has 6 heteroatoms. The number of nitrogens with zero attached hydrogens (tertiary/aromatic N) is 5. The molecule has 1 atom stereocenters. The normalized spacial score (nSPS) is 18.2. The zero-order valence-electron chi connectivity index (χ0n) is 12.5. The fourth-order valence-corrected chi connectivity index (χ4v) is 3.28. The minimum Gasteiger partial charge on any atom is -0.370 e. The summed E-state index contributed by atoms with van der Waals surface area (Å²) in [7, 11) is 0. The van der Waals surface area contributed by atoms with E-state index in [1.807, 2.05) is 12.1 Å². The molecule has 0 N–H and O–H groups in total. The Bertz CT molecular complexity index is 703. The van der Waals surface area contributed by atoms with Crippen LogP contribution in [0.25, 0.3) is 0 Å². The van der Waals surface area contributed by atoms with Crippen molar-refractivity contribution in [2.75, 3.05) is 18.0 Å². The van der Waals surface area contributed by atoms with Crippen molar-refractivity contribution >= 4 is 17.3 Å². The average Bonchev–Trinajstić information content (AvgIpc) is 3.03. The number of anilines is 1. The van der Waals surface area contributed by atoms with E-state index in [1.165, 1.54) is 0 Å². The van der Waals surface area contributed by atoms with Crippen LogP contribution in [0.1, 0.15) is 37.1 Å². The van der Waals surface area contributed by atoms with Crippen LogP contribution < -0.4 is 4.90 Å². The van der Waals surface area contributed by atoms with Gasteiger partial charge in [-0.3, -0.25) is 0 Å². The molecule has 0 saturated carbocycles. The molecule has 114 valence electrons. The van der Waals surface area contributed by atoms with E-state index in [9.17, 15) is 5.26 Å². The number of nitriles is 1. The first-order chi connectivity index (χ1) is 10.7. The highest BCUT2D eigenvalue weighted by Crippen LogP contribution is 2.31. The molecule has 0 aliphatic carbocycles. The lowest BCUT2D eigenvalue weighted by Crippen LogP contribution is -2.35. The zero-order valence-corrected chi connectivity index (χ0v) is 13.3. The second-order valence-corrected chi connectivity index (χ2v) is 5.97. The van der Waals surface area contributed by atoms with Gasteiger partial charge in [-0.05, 0) is 38.0 Å². The zero-order chi connectivity index (χ0) is 15.5. The lowest BCUT2D eigenvalue weighted by Gasteiger charge is -2.34. The van der Waals surface area contributed by atoms with Gasteiger partial charge >= 0.3 is 0 Å². The fraction of sp³-hybridized carbons (Fsp3) is 0.438. The van der Waals surface area contributed by atoms with Gasteiger partial charge in [-0.15, -0.1) is 10.2 Å². The van der Waals surface area contributed by atoms with Crippen LogP contribution in [0.4, 0.5) is 5.69 Å². The van der Waals surface area contributed by atoms with Crippen molar-refractivity contribution < 1.29 is 0 Å². The van der Waals surface area contributed by atoms with E-state index >= 15 is 0 Å². The predicted molar refractivity (Wildman–Crippen MR) is 86.1 cm³/mol. The van der Waals surface area contributed by atoms with E-state index in [-0.39, 0.29) is 0 Å². The minimum absolute atomic E-state index is 0.346. The van der Waals surface area contributed by atoms with E-state index in [1.54, 1.807) is 12.4 Å². The first-order valence-corrected chi connectivity index (χ1v) is 7.93. The Balaban J connectivity index is 1.86. The fourth-order valence-electron chi connectivity index (χ4n) is 3.10. The second kappa shape index (κ2) is 6.37. The monoisotopic (exact) mass is 315 g/mol. The molecule has 1 fully saturated rings. The topological polar surface area (TPSA) is 57.7 Å². The number of rotatable bonds is 3. The number of benzene rings is 1. The van der Waals surface area contributed by atoms with Gasteiger partial charge in [0.05, 0.1) is 11.3 Å². The Morgan fingerprint density at radius 1 is 1.45 bits per heavy atom. The van der Waals surface area contributed by atoms with Gasteiger partial charge in [0, 0.05) is 30.6 Å². The van der Waals surface area contributed by atoms with Gasteiger partial charge < -0.3 is 9.47 Å². The van der Waals surface area contributed by atoms with Crippen molar-refractivity contribution in [3.63, 3.8) is 0 Å². The lowest BCUT2D eigenvalue weighted by molar-refractivity contribution is 0.473. The Labute approximate surface area is 135 Å². The van der Waals surface area contributed by atoms with E-state index in [0.717, 1.165) is 44.0 Å². The average molecular weight is 316 g/mol. The summed E-state index contributed by atoms with van der Waals surface area (Å²) in [6.45, 7) is 4.78. The molecule has 22 heavy (non-hydrogen) atoms. The van der Waals surface area contributed by atoms with Crippen molar-refractivity contribution in [2.24, 2.45) is 0 Å². The van der Waals surface area contributed by atoms with Gasteiger partial charge in [-0.25, -0.2) is 0 Å². The number of piperidine rings is 1. The summed E-state index contributed by atoms with van der Waals surface area (Å²) >= 11 is 5.99. The van der Waals surface area contributed by atoms with Crippen LogP contribution in [-0.2, 0) is 6.54 Å². The summed E-state index contributed by atoms with van der Waals surface area (Å²) in [4.78, 5) is 2.26. The van der Waals surface area contributed by atoms with Gasteiger partial charge in [-0.1, -0.05) is 11.6 Å². The summed E-state index contributed by atoms with van der Waals surface area (Å²) in [6.07, 6.45) is 3.97. The molecule has 5 nitrogen and oxygen atoms in total. The Morgan fingerprint density at radius 3 is 3.09 bits per heavy atom. The Morgan fingerprint density at radius 2 is 2.32 bits per heavy atom. The molecule has 0 bridgehead atoms. The number of hydrogen-bond acceptors (Lipinski definition) is 4. The van der Waals surface area contributed by atoms with E-state index in [2.05, 4.69) is 32.7 Å². The Hall–Kier alpha value is -2.06. The van der Waals surface area contributed by atoms with E-state index < -0.39 is 0 Å². The molecule has 1 aliphatic rings. The van der Waals surface area contributed by atoms with Crippen LogP contribution in [0.5, 0.6) is 0 Å². The van der Waals surface area contributed by atoms with E-state index in [4.69, 9.17) is 11.6 Å². The number of aromatic nitrogens is 3. The van der Waals surface area contributed by atoms with Crippen LogP contribution in [0.15, 0.2) is 24.5 Å². The third kappa shape index (κ3) is 2.79. The molecule has 1 unspecified atom stereocenters. The van der Waals surface area contributed by atoms with Gasteiger partial charge in [0.25, 0.3) is 0 Å². The number of hydrogen-bond donors (Lipinski definition) is 0. The molecule has 0 amide bonds. The molecule has 1 saturated heterocycles. The van der Waals surface area contributed by atoms with Gasteiger partial charge in [0.1, 0.15) is 18.2 Å². The highest BCUT2D eigenvalue weighted by atomic mass is 35.5. The second-order valence-electron chi connectivity index (χ2n) is 5.53. The maximum absolute atomic E-state index is 9.34. The van der Waals surface area contributed by atoms with Crippen molar-refractivity contribution in [3.8, 4) is 6.07 Å². The smallest absolute Gasteiger partial charge is 0.137 e. The third-order valence-corrected chi connectivity index (χ3v) is 4.43. The molecule has 1 aromatic heterocycles. The third-order valence-electron chi connectivity index (χ3n) is 4.19. The number of aryl methyl sites for hydroxylation is 1. The molecule has 0 spiro atoms. The van der Waals surface area contributed by atoms with Crippen LogP contribution in [0.3, 0.4) is 0 Å². The lowest BCUT2D eigenvalue weighted by atomic mass is 9.96. The summed E-state index contributed by atoms with van der Waals surface area (Å²) in [5.41, 5.74) is 1.59. The maximum Gasteiger partial charge on any atom is 0.137 e. The summed E-state index contributed by atoms with van der Waals surface area (Å²) in [5, 5.41) is 18.3. The standard InChI is InChI=1S/C16H18ClN5/c1-2-21-11-19-20-16(21)12-4-3-7-22(10-12)15-6-5-14(17)8-13(15)9-18/h5-6,8,11-12H,2-4,7,10H2,1H3. The van der Waals surface area contributed by atoms with Gasteiger partial charge in [-0.2, -0.15) is 5.26 Å². The molecule has 2 heterocycles. The molecular weight excluding hydrogens is 298 g/mol. The Kier molecular flexibility index (Phi) is 4.30. The first kappa shape index (κ1) is 14.9. The summed E-state index contributed by atoms with van der Waals surface area (Å²) in [6, 6.07) is 7.76. The highest BCUT2D eigenvalue weighted by Gasteiger charge is 2.26. The molecule has 2 aromatic rings. The first-order valence-electron chi connectivity index (χ1n) is 7.55. The SMILES string of the molecule is CCn1cnnc1C1CCCN(c2ccc(Cl)cc2C#N)C1. The largest absolute Gasteiger partial charge is 0.370 e. The summed E-state index contributed by atoms with van der Waals surface area (Å²) in [5.74, 6) is 1.39. The molecule has 1 aromatic carbocycles. The van der Waals surface area contributed by atoms with Crippen molar-refractivity contribution in [1.29, 1.82) is 5.26 Å². The quantitative estimate of drug-likeness (QED) is 0.872. The molecule has 3 rings (SSSR count). The number of halogens is 1. The highest BCUT2D eigenvalue weighted by molar-refractivity contribution is 6.30. The van der Waals surface area contributed by atoms with Crippen LogP contribution >= 0.6 is 11.6 Å². The van der Waals surface area contributed by atoms with Gasteiger partial charge in [0.15, 0.2) is 0 Å². The predicted octanol–water partition coefficient (Wildman–Crippen LogP) is 3.21. The van der Waals surface area contributed by atoms with Gasteiger partial charge in [0.2, 0.25) is 0 Å². The van der Waals surface area contributed by atoms with Crippen molar-refractivity contribution in [1.82, 2.24) is 14.8 Å². The molecular formula is C16H18ClN5. The van der Waals surface area contributed by atoms with Crippen LogP contribution in [0, 0.1) is 11.3 Å². The van der Waals surface area contributed by atoms with E-state index in [0.29, 0.717) is 16.5 Å². The van der Waals surface area contributed by atoms with Crippen LogP contribution in [0.2, 0.25) is 5.02 Å². The maximum atomic E-state index is 9.34. The van der Waals surface area contributed by atoms with Crippen molar-refractivity contribution in [3.05, 3.63) is 40.9 Å². The molecule has 1 aliphatic heterocycles. The van der Waals surface area contributed by atoms with Crippen LogP contribution in [-0.4, -0.2) is 27.9 Å². The molecule has 0 radical (unpaired) electrons. The van der Waals surface area contributed by atoms with Crippen molar-refractivity contribution in [2.45, 2.75) is 32.2 Å². The summed E-state index contributed by atoms with van der Waals surface area (Å²) < 4.78 is 2.10. The minimum atomic E-state index is 0.346.